The van der Waals surface area contributed by atoms with Gasteiger partial charge in [0.2, 0.25) is 0 Å². The Bertz CT molecular complexity index is 143. The van der Waals surface area contributed by atoms with Gasteiger partial charge in [0.25, 0.3) is 0 Å². The molecule has 0 spiro atoms. The first-order chi connectivity index (χ1) is 5.20. The molecular weight excluding hydrogens is 162 g/mol. The van der Waals surface area contributed by atoms with E-state index in [9.17, 15) is 4.79 Å². The molecule has 1 saturated carbocycles. The van der Waals surface area contributed by atoms with Gasteiger partial charge in [-0.25, -0.2) is 0 Å². The van der Waals surface area contributed by atoms with Gasteiger partial charge in [-0.05, 0) is 37.3 Å². The largest absolute Gasteiger partial charge is 0.340 e. The Labute approximate surface area is 72.3 Å². The summed E-state index contributed by atoms with van der Waals surface area (Å²) >= 11 is 5.20. The van der Waals surface area contributed by atoms with Crippen LogP contribution in [0.15, 0.2) is 0 Å². The topological polar surface area (TPSA) is 29.1 Å². The molecule has 1 rings (SSSR count). The number of carbonyl (C=O) groups is 1. The molecule has 1 fully saturated rings. The maximum Gasteiger partial charge on any atom is 0.314 e. The van der Waals surface area contributed by atoms with Crippen molar-refractivity contribution in [3.05, 3.63) is 0 Å². The van der Waals surface area contributed by atoms with Crippen molar-refractivity contribution in [1.29, 1.82) is 0 Å². The van der Waals surface area contributed by atoms with Crippen LogP contribution in [0.5, 0.6) is 0 Å². The van der Waals surface area contributed by atoms with Gasteiger partial charge in [-0.15, -0.1) is 0 Å². The van der Waals surface area contributed by atoms with E-state index in [1.165, 1.54) is 25.7 Å². The van der Waals surface area contributed by atoms with Crippen LogP contribution in [0.3, 0.4) is 0 Å². The smallest absolute Gasteiger partial charge is 0.314 e. The molecule has 0 aromatic rings. The van der Waals surface area contributed by atoms with Crippen LogP contribution >= 0.6 is 11.6 Å². The number of halogens is 1. The standard InChI is InChI=1S/C8H14ClNO/c1-6(10-8(9)11)7-4-2-3-5-7/h6-7H,2-5H2,1H3,(H,10,11). The summed E-state index contributed by atoms with van der Waals surface area (Å²) in [6.45, 7) is 2.02. The lowest BCUT2D eigenvalue weighted by atomic mass is 10.0. The Morgan fingerprint density at radius 1 is 1.55 bits per heavy atom. The molecule has 1 aliphatic carbocycles. The van der Waals surface area contributed by atoms with Crippen molar-refractivity contribution < 1.29 is 4.79 Å². The van der Waals surface area contributed by atoms with Crippen molar-refractivity contribution in [1.82, 2.24) is 5.32 Å². The van der Waals surface area contributed by atoms with E-state index in [0.29, 0.717) is 5.92 Å². The highest BCUT2D eigenvalue weighted by Gasteiger charge is 2.21. The number of carbonyl (C=O) groups excluding carboxylic acids is 1. The van der Waals surface area contributed by atoms with E-state index < -0.39 is 5.37 Å². The minimum Gasteiger partial charge on any atom is -0.340 e. The molecule has 0 bridgehead atoms. The summed E-state index contributed by atoms with van der Waals surface area (Å²) in [4.78, 5) is 10.5. The minimum absolute atomic E-state index is 0.252. The van der Waals surface area contributed by atoms with Gasteiger partial charge in [0, 0.05) is 6.04 Å². The molecule has 0 aromatic carbocycles. The number of hydrogen-bond acceptors (Lipinski definition) is 1. The summed E-state index contributed by atoms with van der Waals surface area (Å²) in [5, 5.41) is 2.28. The van der Waals surface area contributed by atoms with Gasteiger partial charge >= 0.3 is 5.37 Å². The number of hydrogen-bond donors (Lipinski definition) is 1. The molecule has 64 valence electrons. The quantitative estimate of drug-likeness (QED) is 0.507. The molecule has 1 N–H and O–H groups in total. The van der Waals surface area contributed by atoms with Crippen molar-refractivity contribution in [2.75, 3.05) is 0 Å². The van der Waals surface area contributed by atoms with E-state index in [1.807, 2.05) is 6.92 Å². The van der Waals surface area contributed by atoms with Gasteiger partial charge in [0.15, 0.2) is 0 Å². The zero-order valence-corrected chi connectivity index (χ0v) is 7.53. The summed E-state index contributed by atoms with van der Waals surface area (Å²) in [5.41, 5.74) is 0. The number of amides is 1. The van der Waals surface area contributed by atoms with Crippen molar-refractivity contribution >= 4 is 17.0 Å². The first-order valence-corrected chi connectivity index (χ1v) is 4.54. The fourth-order valence-electron chi connectivity index (χ4n) is 1.75. The summed E-state index contributed by atoms with van der Waals surface area (Å²) in [7, 11) is 0. The Balaban J connectivity index is 2.28. The molecule has 1 aliphatic rings. The van der Waals surface area contributed by atoms with E-state index in [4.69, 9.17) is 11.6 Å². The molecule has 1 atom stereocenters. The van der Waals surface area contributed by atoms with Gasteiger partial charge in [-0.1, -0.05) is 12.8 Å². The van der Waals surface area contributed by atoms with Crippen molar-refractivity contribution in [2.45, 2.75) is 38.6 Å². The summed E-state index contributed by atoms with van der Waals surface area (Å²) in [5.74, 6) is 0.651. The van der Waals surface area contributed by atoms with E-state index in [2.05, 4.69) is 5.32 Å². The van der Waals surface area contributed by atoms with Gasteiger partial charge in [-0.3, -0.25) is 4.79 Å². The molecule has 2 nitrogen and oxygen atoms in total. The van der Waals surface area contributed by atoms with E-state index in [-0.39, 0.29) is 6.04 Å². The molecule has 0 radical (unpaired) electrons. The monoisotopic (exact) mass is 175 g/mol. The maximum atomic E-state index is 10.5. The van der Waals surface area contributed by atoms with E-state index in [1.54, 1.807) is 0 Å². The Morgan fingerprint density at radius 3 is 2.55 bits per heavy atom. The lowest BCUT2D eigenvalue weighted by Crippen LogP contribution is -2.33. The predicted molar refractivity (Wildman–Crippen MR) is 45.8 cm³/mol. The third-order valence-corrected chi connectivity index (χ3v) is 2.56. The second-order valence-corrected chi connectivity index (χ2v) is 3.59. The Kier molecular flexibility index (Phi) is 3.18. The van der Waals surface area contributed by atoms with Crippen LogP contribution < -0.4 is 5.32 Å². The van der Waals surface area contributed by atoms with E-state index >= 15 is 0 Å². The lowest BCUT2D eigenvalue weighted by Gasteiger charge is -2.18. The highest BCUT2D eigenvalue weighted by atomic mass is 35.5. The normalized spacial score (nSPS) is 21.6. The fourth-order valence-corrected chi connectivity index (χ4v) is 1.93. The molecule has 3 heteroatoms. The Hall–Kier alpha value is -0.240. The van der Waals surface area contributed by atoms with Crippen LogP contribution in [0.1, 0.15) is 32.6 Å². The fraction of sp³-hybridized carbons (Fsp3) is 0.875. The third-order valence-electron chi connectivity index (χ3n) is 2.45. The highest BCUT2D eigenvalue weighted by Crippen LogP contribution is 2.27. The van der Waals surface area contributed by atoms with Crippen LogP contribution in [0.25, 0.3) is 0 Å². The molecule has 1 amide bonds. The summed E-state index contributed by atoms with van der Waals surface area (Å²) < 4.78 is 0. The van der Waals surface area contributed by atoms with Crippen LogP contribution in [-0.4, -0.2) is 11.4 Å². The third kappa shape index (κ3) is 2.70. The minimum atomic E-state index is -0.426. The second kappa shape index (κ2) is 3.96. The predicted octanol–water partition coefficient (Wildman–Crippen LogP) is 2.51. The average Bonchev–Trinajstić information content (AvgIpc) is 2.35. The van der Waals surface area contributed by atoms with Crippen LogP contribution in [-0.2, 0) is 0 Å². The van der Waals surface area contributed by atoms with Gasteiger partial charge in [-0.2, -0.15) is 0 Å². The number of nitrogens with one attached hydrogen (secondary N) is 1. The SMILES string of the molecule is CC(NC(=O)Cl)C1CCCC1. The first-order valence-electron chi connectivity index (χ1n) is 4.16. The molecule has 0 aromatic heterocycles. The highest BCUT2D eigenvalue weighted by molar-refractivity contribution is 6.62. The van der Waals surface area contributed by atoms with Crippen LogP contribution in [0.4, 0.5) is 4.79 Å². The van der Waals surface area contributed by atoms with Crippen LogP contribution in [0, 0.1) is 5.92 Å². The van der Waals surface area contributed by atoms with Gasteiger partial charge in [0.1, 0.15) is 0 Å². The molecular formula is C8H14ClNO. The Morgan fingerprint density at radius 2 is 2.09 bits per heavy atom. The zero-order chi connectivity index (χ0) is 8.27. The molecule has 0 saturated heterocycles. The van der Waals surface area contributed by atoms with Crippen LogP contribution in [0.2, 0.25) is 0 Å². The number of rotatable bonds is 2. The zero-order valence-electron chi connectivity index (χ0n) is 6.77. The van der Waals surface area contributed by atoms with Gasteiger partial charge < -0.3 is 5.32 Å². The molecule has 1 unspecified atom stereocenters. The summed E-state index contributed by atoms with van der Waals surface area (Å²) in [6, 6.07) is 0.252. The molecule has 11 heavy (non-hydrogen) atoms. The average molecular weight is 176 g/mol. The maximum absolute atomic E-state index is 10.5. The van der Waals surface area contributed by atoms with E-state index in [0.717, 1.165) is 0 Å². The lowest BCUT2D eigenvalue weighted by molar-refractivity contribution is 0.252. The van der Waals surface area contributed by atoms with Gasteiger partial charge in [0.05, 0.1) is 0 Å². The van der Waals surface area contributed by atoms with Crippen molar-refractivity contribution in [2.24, 2.45) is 5.92 Å². The first kappa shape index (κ1) is 8.85. The molecule has 0 heterocycles. The van der Waals surface area contributed by atoms with Crippen molar-refractivity contribution in [3.8, 4) is 0 Å². The summed E-state index contributed by atoms with van der Waals surface area (Å²) in [6.07, 6.45) is 5.07. The molecule has 0 aliphatic heterocycles. The van der Waals surface area contributed by atoms with Crippen molar-refractivity contribution in [3.63, 3.8) is 0 Å². The second-order valence-electron chi connectivity index (χ2n) is 3.25.